The Kier molecular flexibility index (Phi) is 2.95. The van der Waals surface area contributed by atoms with E-state index in [0.717, 1.165) is 0 Å². The van der Waals surface area contributed by atoms with Crippen LogP contribution in [-0.2, 0) is 6.54 Å². The summed E-state index contributed by atoms with van der Waals surface area (Å²) in [6, 6.07) is 4.95. The number of hydrogen-bond donors (Lipinski definition) is 1. The molecular weight excluding hydrogens is 253 g/mol. The molecule has 0 amide bonds. The molecule has 0 atom stereocenters. The molecule has 0 bridgehead atoms. The summed E-state index contributed by atoms with van der Waals surface area (Å²) in [6.07, 6.45) is -3.54. The maximum atomic E-state index is 12.1. The van der Waals surface area contributed by atoms with Crippen molar-refractivity contribution in [2.24, 2.45) is 0 Å². The lowest BCUT2D eigenvalue weighted by Crippen LogP contribution is -2.11. The minimum Gasteiger partial charge on any atom is -0.397 e. The number of aryl methyl sites for hydroxylation is 1. The molecule has 0 saturated heterocycles. The molecule has 0 spiro atoms. The third-order valence-corrected chi connectivity index (χ3v) is 2.75. The lowest BCUT2D eigenvalue weighted by atomic mass is 10.2. The van der Waals surface area contributed by atoms with Crippen molar-refractivity contribution in [1.82, 2.24) is 4.57 Å². The largest absolute Gasteiger partial charge is 0.397 e. The summed E-state index contributed by atoms with van der Waals surface area (Å²) in [6.45, 7) is -0.140. The maximum absolute atomic E-state index is 12.1. The van der Waals surface area contributed by atoms with Gasteiger partial charge in [-0.3, -0.25) is 0 Å². The van der Waals surface area contributed by atoms with E-state index in [0.29, 0.717) is 21.6 Å². The molecule has 0 aliphatic heterocycles. The van der Waals surface area contributed by atoms with Crippen LogP contribution in [0.25, 0.3) is 10.9 Å². The van der Waals surface area contributed by atoms with Crippen molar-refractivity contribution in [1.29, 1.82) is 0 Å². The highest BCUT2D eigenvalue weighted by Crippen LogP contribution is 2.28. The number of benzene rings is 1. The van der Waals surface area contributed by atoms with E-state index in [-0.39, 0.29) is 6.54 Å². The molecule has 2 aromatic rings. The first kappa shape index (κ1) is 12.1. The molecule has 2 nitrogen and oxygen atoms in total. The molecule has 1 aromatic heterocycles. The van der Waals surface area contributed by atoms with Crippen molar-refractivity contribution >= 4 is 28.2 Å². The van der Waals surface area contributed by atoms with Crippen LogP contribution in [0.3, 0.4) is 0 Å². The zero-order chi connectivity index (χ0) is 12.6. The predicted octanol–water partition coefficient (Wildman–Crippen LogP) is 3.83. The Labute approximate surface area is 101 Å². The van der Waals surface area contributed by atoms with E-state index >= 15 is 0 Å². The number of rotatable bonds is 2. The molecule has 0 aliphatic rings. The van der Waals surface area contributed by atoms with Crippen LogP contribution in [0.1, 0.15) is 6.42 Å². The topological polar surface area (TPSA) is 30.9 Å². The van der Waals surface area contributed by atoms with Gasteiger partial charge in [0, 0.05) is 23.2 Å². The Morgan fingerprint density at radius 2 is 2.00 bits per heavy atom. The van der Waals surface area contributed by atoms with Crippen molar-refractivity contribution in [3.05, 3.63) is 29.4 Å². The number of hydrogen-bond acceptors (Lipinski definition) is 1. The first-order valence-electron chi connectivity index (χ1n) is 4.97. The maximum Gasteiger partial charge on any atom is 0.390 e. The van der Waals surface area contributed by atoms with Gasteiger partial charge >= 0.3 is 6.18 Å². The van der Waals surface area contributed by atoms with Gasteiger partial charge in [-0.15, -0.1) is 0 Å². The third kappa shape index (κ3) is 2.66. The molecule has 2 rings (SSSR count). The number of nitrogen functional groups attached to an aromatic ring is 1. The van der Waals surface area contributed by atoms with Crippen LogP contribution < -0.4 is 5.73 Å². The molecule has 0 fully saturated rings. The molecule has 92 valence electrons. The Hall–Kier alpha value is -1.36. The van der Waals surface area contributed by atoms with Crippen LogP contribution in [0.15, 0.2) is 24.4 Å². The quantitative estimate of drug-likeness (QED) is 0.876. The zero-order valence-corrected chi connectivity index (χ0v) is 9.52. The third-order valence-electron chi connectivity index (χ3n) is 2.51. The van der Waals surface area contributed by atoms with Crippen molar-refractivity contribution in [3.8, 4) is 0 Å². The second-order valence-electron chi connectivity index (χ2n) is 3.80. The number of alkyl halides is 3. The average molecular weight is 263 g/mol. The lowest BCUT2D eigenvalue weighted by molar-refractivity contribution is -0.136. The highest BCUT2D eigenvalue weighted by molar-refractivity contribution is 6.31. The lowest BCUT2D eigenvalue weighted by Gasteiger charge is -2.08. The number of fused-ring (bicyclic) bond motifs is 1. The van der Waals surface area contributed by atoms with Crippen molar-refractivity contribution in [3.63, 3.8) is 0 Å². The Morgan fingerprint density at radius 3 is 2.65 bits per heavy atom. The monoisotopic (exact) mass is 262 g/mol. The van der Waals surface area contributed by atoms with E-state index in [1.165, 1.54) is 10.8 Å². The van der Waals surface area contributed by atoms with Crippen molar-refractivity contribution < 1.29 is 13.2 Å². The first-order chi connectivity index (χ1) is 7.87. The number of nitrogens with zero attached hydrogens (tertiary/aromatic N) is 1. The highest BCUT2D eigenvalue weighted by atomic mass is 35.5. The van der Waals surface area contributed by atoms with Gasteiger partial charge in [0.25, 0.3) is 0 Å². The van der Waals surface area contributed by atoms with Gasteiger partial charge in [-0.2, -0.15) is 13.2 Å². The van der Waals surface area contributed by atoms with E-state index in [1.54, 1.807) is 18.2 Å². The molecule has 1 aromatic carbocycles. The second kappa shape index (κ2) is 4.14. The molecule has 0 saturated carbocycles. The summed E-state index contributed by atoms with van der Waals surface area (Å²) in [5.41, 5.74) is 6.82. The molecule has 2 N–H and O–H groups in total. The van der Waals surface area contributed by atoms with Crippen LogP contribution in [0.5, 0.6) is 0 Å². The molecule has 1 heterocycles. The summed E-state index contributed by atoms with van der Waals surface area (Å²) in [5, 5.41) is 1.19. The van der Waals surface area contributed by atoms with Gasteiger partial charge in [-0.05, 0) is 18.2 Å². The number of halogens is 4. The Bertz CT molecular complexity index is 545. The Balaban J connectivity index is 2.36. The SMILES string of the molecule is Nc1cn(CCC(F)(F)F)c2ccc(Cl)cc12. The zero-order valence-electron chi connectivity index (χ0n) is 8.76. The molecular formula is C11H10ClF3N2. The first-order valence-corrected chi connectivity index (χ1v) is 5.35. The molecule has 0 aliphatic carbocycles. The normalized spacial score (nSPS) is 12.2. The number of aromatic nitrogens is 1. The Morgan fingerprint density at radius 1 is 1.29 bits per heavy atom. The minimum absolute atomic E-state index is 0.140. The average Bonchev–Trinajstić information content (AvgIpc) is 2.52. The van der Waals surface area contributed by atoms with Gasteiger partial charge in [-0.1, -0.05) is 11.6 Å². The summed E-state index contributed by atoms with van der Waals surface area (Å²) >= 11 is 5.80. The van der Waals surface area contributed by atoms with Gasteiger partial charge in [0.2, 0.25) is 0 Å². The summed E-state index contributed by atoms with van der Waals surface area (Å²) in [4.78, 5) is 0. The van der Waals surface area contributed by atoms with E-state index in [2.05, 4.69) is 0 Å². The second-order valence-corrected chi connectivity index (χ2v) is 4.24. The standard InChI is InChI=1S/C11H10ClF3N2/c12-7-1-2-10-8(5-7)9(16)6-17(10)4-3-11(13,14)15/h1-2,5-6H,3-4,16H2. The molecule has 17 heavy (non-hydrogen) atoms. The van der Waals surface area contributed by atoms with Gasteiger partial charge in [0.05, 0.1) is 17.6 Å². The van der Waals surface area contributed by atoms with E-state index in [4.69, 9.17) is 17.3 Å². The summed E-state index contributed by atoms with van der Waals surface area (Å²) < 4.78 is 37.9. The smallest absolute Gasteiger partial charge is 0.390 e. The highest BCUT2D eigenvalue weighted by Gasteiger charge is 2.26. The molecule has 6 heteroatoms. The fourth-order valence-corrected chi connectivity index (χ4v) is 1.90. The fourth-order valence-electron chi connectivity index (χ4n) is 1.73. The van der Waals surface area contributed by atoms with E-state index in [9.17, 15) is 13.2 Å². The van der Waals surface area contributed by atoms with Gasteiger partial charge in [-0.25, -0.2) is 0 Å². The van der Waals surface area contributed by atoms with Gasteiger partial charge in [0.15, 0.2) is 0 Å². The summed E-state index contributed by atoms with van der Waals surface area (Å²) in [7, 11) is 0. The molecule has 0 unspecified atom stereocenters. The number of anilines is 1. The van der Waals surface area contributed by atoms with Crippen LogP contribution in [0, 0.1) is 0 Å². The predicted molar refractivity (Wildman–Crippen MR) is 62.0 cm³/mol. The number of nitrogens with two attached hydrogens (primary N) is 1. The van der Waals surface area contributed by atoms with Crippen molar-refractivity contribution in [2.45, 2.75) is 19.1 Å². The van der Waals surface area contributed by atoms with E-state index in [1.807, 2.05) is 0 Å². The minimum atomic E-state index is -4.17. The van der Waals surface area contributed by atoms with Crippen LogP contribution >= 0.6 is 11.6 Å². The van der Waals surface area contributed by atoms with E-state index < -0.39 is 12.6 Å². The van der Waals surface area contributed by atoms with Crippen LogP contribution in [0.2, 0.25) is 5.02 Å². The fraction of sp³-hybridized carbons (Fsp3) is 0.273. The van der Waals surface area contributed by atoms with Crippen LogP contribution in [-0.4, -0.2) is 10.7 Å². The summed E-state index contributed by atoms with van der Waals surface area (Å²) in [5.74, 6) is 0. The van der Waals surface area contributed by atoms with Gasteiger partial charge < -0.3 is 10.3 Å². The van der Waals surface area contributed by atoms with Crippen molar-refractivity contribution in [2.75, 3.05) is 5.73 Å². The van der Waals surface area contributed by atoms with Gasteiger partial charge in [0.1, 0.15) is 0 Å². The molecule has 0 radical (unpaired) electrons. The van der Waals surface area contributed by atoms with Crippen LogP contribution in [0.4, 0.5) is 18.9 Å².